The van der Waals surface area contributed by atoms with Gasteiger partial charge >= 0.3 is 0 Å². The number of aromatic amines is 2. The van der Waals surface area contributed by atoms with Crippen molar-refractivity contribution in [1.82, 2.24) is 10.2 Å². The minimum absolute atomic E-state index is 0.235. The van der Waals surface area contributed by atoms with Gasteiger partial charge in [-0.05, 0) is 68.1 Å². The van der Waals surface area contributed by atoms with Gasteiger partial charge in [-0.15, -0.1) is 0 Å². The maximum atomic E-state index is 10.6. The number of rotatable bonds is 6. The summed E-state index contributed by atoms with van der Waals surface area (Å²) < 4.78 is 6.17. The fourth-order valence-corrected chi connectivity index (χ4v) is 3.82. The normalized spacial score (nSPS) is 11.1. The zero-order chi connectivity index (χ0) is 21.3. The highest BCUT2D eigenvalue weighted by Crippen LogP contribution is 2.40. The molecule has 5 nitrogen and oxygen atoms in total. The minimum atomic E-state index is 0.235. The summed E-state index contributed by atoms with van der Waals surface area (Å²) in [6, 6.07) is 10.2. The molecule has 0 radical (unpaired) electrons. The number of phenolic OH excluding ortho intramolecular Hbond substituents is 1. The number of aromatic nitrogens is 2. The third kappa shape index (κ3) is 3.90. The van der Waals surface area contributed by atoms with Gasteiger partial charge in [-0.1, -0.05) is 25.2 Å². The van der Waals surface area contributed by atoms with Gasteiger partial charge in [-0.2, -0.15) is 0 Å². The van der Waals surface area contributed by atoms with Crippen LogP contribution >= 0.6 is 12.2 Å². The number of hydrogen-bond acceptors (Lipinski definition) is 4. The molecule has 0 atom stereocenters. The molecule has 1 aromatic heterocycles. The second-order valence-corrected chi connectivity index (χ2v) is 7.98. The first-order valence-electron chi connectivity index (χ1n) is 9.83. The number of H-pyrrole nitrogens is 2. The zero-order valence-corrected chi connectivity index (χ0v) is 18.7. The second kappa shape index (κ2) is 8.33. The standard InChI is InChI=1S/C23H29N3O2S/c1-7-15-11-17(19(27)10-14(15)4)22-21(23(29)25-24-22)16-8-9-20(28-6)18(12-16)26(5)13(2)3/h8-13,27H,7H2,1-6H3,(H2,24,25,29). The molecule has 0 aliphatic carbocycles. The van der Waals surface area contributed by atoms with Crippen LogP contribution in [0.15, 0.2) is 30.3 Å². The maximum Gasteiger partial charge on any atom is 0.142 e. The van der Waals surface area contributed by atoms with Crippen LogP contribution in [0.4, 0.5) is 5.69 Å². The van der Waals surface area contributed by atoms with Crippen LogP contribution in [0.5, 0.6) is 11.5 Å². The number of aromatic hydroxyl groups is 1. The van der Waals surface area contributed by atoms with Crippen LogP contribution in [0.2, 0.25) is 0 Å². The summed E-state index contributed by atoms with van der Waals surface area (Å²) in [5.41, 5.74) is 6.61. The van der Waals surface area contributed by atoms with Crippen molar-refractivity contribution in [2.24, 2.45) is 0 Å². The third-order valence-corrected chi connectivity index (χ3v) is 5.81. The lowest BCUT2D eigenvalue weighted by molar-refractivity contribution is 0.414. The van der Waals surface area contributed by atoms with E-state index in [0.717, 1.165) is 45.8 Å². The Hall–Kier alpha value is -2.73. The molecule has 0 bridgehead atoms. The quantitative estimate of drug-likeness (QED) is 0.446. The van der Waals surface area contributed by atoms with Gasteiger partial charge in [0.1, 0.15) is 16.1 Å². The molecule has 0 saturated carbocycles. The van der Waals surface area contributed by atoms with Crippen molar-refractivity contribution < 1.29 is 9.84 Å². The molecule has 3 aromatic rings. The van der Waals surface area contributed by atoms with E-state index >= 15 is 0 Å². The predicted molar refractivity (Wildman–Crippen MR) is 123 cm³/mol. The highest BCUT2D eigenvalue weighted by atomic mass is 32.1. The van der Waals surface area contributed by atoms with Crippen LogP contribution in [0, 0.1) is 11.6 Å². The number of hydrogen-bond donors (Lipinski definition) is 3. The van der Waals surface area contributed by atoms with E-state index in [4.69, 9.17) is 17.0 Å². The average molecular weight is 412 g/mol. The molecule has 29 heavy (non-hydrogen) atoms. The molecule has 154 valence electrons. The Morgan fingerprint density at radius 2 is 1.90 bits per heavy atom. The van der Waals surface area contributed by atoms with Crippen LogP contribution < -0.4 is 9.64 Å². The molecule has 0 amide bonds. The molecule has 3 rings (SSSR count). The fourth-order valence-electron chi connectivity index (χ4n) is 3.55. The fraction of sp³-hybridized carbons (Fsp3) is 0.348. The smallest absolute Gasteiger partial charge is 0.142 e. The Morgan fingerprint density at radius 3 is 2.52 bits per heavy atom. The zero-order valence-electron chi connectivity index (χ0n) is 17.9. The van der Waals surface area contributed by atoms with Crippen LogP contribution in [-0.4, -0.2) is 35.5 Å². The van der Waals surface area contributed by atoms with Crippen LogP contribution in [0.1, 0.15) is 31.9 Å². The Labute approximate surface area is 177 Å². The van der Waals surface area contributed by atoms with Crippen molar-refractivity contribution in [2.75, 3.05) is 19.1 Å². The number of benzene rings is 2. The Bertz CT molecular complexity index is 1080. The van der Waals surface area contributed by atoms with Crippen molar-refractivity contribution in [3.8, 4) is 33.9 Å². The summed E-state index contributed by atoms with van der Waals surface area (Å²) in [5, 5.41) is 16.9. The number of nitrogens with one attached hydrogen (secondary N) is 2. The van der Waals surface area contributed by atoms with E-state index in [1.807, 2.05) is 38.2 Å². The van der Waals surface area contributed by atoms with E-state index in [-0.39, 0.29) is 5.75 Å². The molecule has 0 aliphatic rings. The van der Waals surface area contributed by atoms with Gasteiger partial charge in [0.15, 0.2) is 0 Å². The SMILES string of the molecule is CCc1cc(-c2[nH][nH]c(=S)c2-c2ccc(OC)c(N(C)C(C)C)c2)c(O)cc1C. The van der Waals surface area contributed by atoms with Gasteiger partial charge in [0.2, 0.25) is 0 Å². The van der Waals surface area contributed by atoms with Crippen LogP contribution in [-0.2, 0) is 6.42 Å². The summed E-state index contributed by atoms with van der Waals surface area (Å²) >= 11 is 5.59. The van der Waals surface area contributed by atoms with E-state index < -0.39 is 0 Å². The monoisotopic (exact) mass is 411 g/mol. The van der Waals surface area contributed by atoms with E-state index in [1.54, 1.807) is 7.11 Å². The van der Waals surface area contributed by atoms with Gasteiger partial charge in [-0.3, -0.25) is 10.2 Å². The van der Waals surface area contributed by atoms with Crippen LogP contribution in [0.25, 0.3) is 22.4 Å². The predicted octanol–water partition coefficient (Wildman–Crippen LogP) is 5.84. The highest BCUT2D eigenvalue weighted by molar-refractivity contribution is 7.71. The lowest BCUT2D eigenvalue weighted by Gasteiger charge is -2.26. The summed E-state index contributed by atoms with van der Waals surface area (Å²) in [6.07, 6.45) is 0.894. The van der Waals surface area contributed by atoms with Crippen LogP contribution in [0.3, 0.4) is 0 Å². The molecular formula is C23H29N3O2S. The number of anilines is 1. The summed E-state index contributed by atoms with van der Waals surface area (Å²) in [4.78, 5) is 2.17. The van der Waals surface area contributed by atoms with Gasteiger partial charge < -0.3 is 14.7 Å². The summed E-state index contributed by atoms with van der Waals surface area (Å²) in [6.45, 7) is 8.40. The molecule has 6 heteroatoms. The molecule has 3 N–H and O–H groups in total. The van der Waals surface area contributed by atoms with E-state index in [1.165, 1.54) is 5.56 Å². The molecule has 0 fully saturated rings. The molecule has 0 spiro atoms. The third-order valence-electron chi connectivity index (χ3n) is 5.50. The van der Waals surface area contributed by atoms with Gasteiger partial charge in [0.25, 0.3) is 0 Å². The Balaban J connectivity index is 2.22. The minimum Gasteiger partial charge on any atom is -0.507 e. The Morgan fingerprint density at radius 1 is 1.17 bits per heavy atom. The topological polar surface area (TPSA) is 64.3 Å². The number of methoxy groups -OCH3 is 1. The number of nitrogens with zero attached hydrogens (tertiary/aromatic N) is 1. The largest absolute Gasteiger partial charge is 0.507 e. The van der Waals surface area contributed by atoms with Crippen molar-refractivity contribution in [1.29, 1.82) is 0 Å². The number of phenols is 1. The van der Waals surface area contributed by atoms with Gasteiger partial charge in [-0.25, -0.2) is 0 Å². The highest BCUT2D eigenvalue weighted by Gasteiger charge is 2.19. The van der Waals surface area contributed by atoms with Gasteiger partial charge in [0, 0.05) is 24.2 Å². The molecule has 1 heterocycles. The maximum absolute atomic E-state index is 10.6. The second-order valence-electron chi connectivity index (χ2n) is 7.57. The Kier molecular flexibility index (Phi) is 6.03. The van der Waals surface area contributed by atoms with Crippen molar-refractivity contribution >= 4 is 17.9 Å². The lowest BCUT2D eigenvalue weighted by Crippen LogP contribution is -2.26. The van der Waals surface area contributed by atoms with E-state index in [0.29, 0.717) is 10.7 Å². The first-order chi connectivity index (χ1) is 13.8. The summed E-state index contributed by atoms with van der Waals surface area (Å²) in [5.74, 6) is 1.04. The van der Waals surface area contributed by atoms with Gasteiger partial charge in [0.05, 0.1) is 18.5 Å². The summed E-state index contributed by atoms with van der Waals surface area (Å²) in [7, 11) is 3.72. The average Bonchev–Trinajstić information content (AvgIpc) is 3.08. The molecule has 0 saturated heterocycles. The molecular weight excluding hydrogens is 382 g/mol. The molecule has 0 unspecified atom stereocenters. The van der Waals surface area contributed by atoms with E-state index in [2.05, 4.69) is 41.9 Å². The van der Waals surface area contributed by atoms with Crippen molar-refractivity contribution in [3.63, 3.8) is 0 Å². The van der Waals surface area contributed by atoms with E-state index in [9.17, 15) is 5.11 Å². The first-order valence-corrected chi connectivity index (χ1v) is 10.2. The van der Waals surface area contributed by atoms with Crippen molar-refractivity contribution in [3.05, 3.63) is 46.1 Å². The number of ether oxygens (including phenoxy) is 1. The van der Waals surface area contributed by atoms with Crippen molar-refractivity contribution in [2.45, 2.75) is 40.2 Å². The number of aryl methyl sites for hydroxylation is 2. The first kappa shape index (κ1) is 21.0. The molecule has 0 aliphatic heterocycles. The molecule has 2 aromatic carbocycles. The lowest BCUT2D eigenvalue weighted by atomic mass is 9.96.